The zero-order chi connectivity index (χ0) is 13.9. The molecule has 3 rings (SSSR count). The van der Waals surface area contributed by atoms with Crippen LogP contribution in [0.1, 0.15) is 35.7 Å². The van der Waals surface area contributed by atoms with Crippen LogP contribution in [0, 0.1) is 0 Å². The van der Waals surface area contributed by atoms with Crippen LogP contribution in [-0.4, -0.2) is 28.4 Å². The number of aliphatic hydroxyl groups excluding tert-OH is 1. The van der Waals surface area contributed by atoms with Gasteiger partial charge in [0.1, 0.15) is 11.9 Å². The number of aliphatic hydroxyl groups is 1. The minimum absolute atomic E-state index is 0.0486. The van der Waals surface area contributed by atoms with Gasteiger partial charge in [0, 0.05) is 0 Å². The predicted molar refractivity (Wildman–Crippen MR) is 71.3 cm³/mol. The molecular formula is C14H17N3O3. The number of aromatic nitrogens is 2. The van der Waals surface area contributed by atoms with Crippen molar-refractivity contribution in [1.82, 2.24) is 10.1 Å². The fourth-order valence-electron chi connectivity index (χ4n) is 2.32. The van der Waals surface area contributed by atoms with Gasteiger partial charge in [0.2, 0.25) is 0 Å². The van der Waals surface area contributed by atoms with Gasteiger partial charge in [-0.25, -0.2) is 0 Å². The van der Waals surface area contributed by atoms with Crippen LogP contribution in [0.3, 0.4) is 0 Å². The molecule has 6 heteroatoms. The van der Waals surface area contributed by atoms with E-state index in [2.05, 4.69) is 10.1 Å². The standard InChI is InChI=1S/C14H17N3O3/c15-6-5-11(18)14-16-13(17-20-14)10-7-9-3-1-2-4-12(9)19-8-10/h1-4,10-11,18H,5-8,15H2. The van der Waals surface area contributed by atoms with Crippen LogP contribution in [0.25, 0.3) is 0 Å². The lowest BCUT2D eigenvalue weighted by atomic mass is 9.96. The smallest absolute Gasteiger partial charge is 0.255 e. The van der Waals surface area contributed by atoms with Crippen molar-refractivity contribution < 1.29 is 14.4 Å². The summed E-state index contributed by atoms with van der Waals surface area (Å²) in [5.41, 5.74) is 6.54. The van der Waals surface area contributed by atoms with Crippen molar-refractivity contribution in [3.63, 3.8) is 0 Å². The second kappa shape index (κ2) is 5.60. The molecule has 2 aromatic rings. The summed E-state index contributed by atoms with van der Waals surface area (Å²) in [4.78, 5) is 4.26. The number of hydrogen-bond acceptors (Lipinski definition) is 6. The molecule has 20 heavy (non-hydrogen) atoms. The van der Waals surface area contributed by atoms with E-state index in [1.54, 1.807) is 0 Å². The summed E-state index contributed by atoms with van der Waals surface area (Å²) in [6, 6.07) is 7.93. The van der Waals surface area contributed by atoms with Gasteiger partial charge in [-0.15, -0.1) is 0 Å². The molecule has 1 aliphatic heterocycles. The first-order valence-electron chi connectivity index (χ1n) is 6.70. The van der Waals surface area contributed by atoms with Gasteiger partial charge in [-0.05, 0) is 31.0 Å². The normalized spacial score (nSPS) is 19.2. The van der Waals surface area contributed by atoms with Crippen LogP contribution in [0.4, 0.5) is 0 Å². The van der Waals surface area contributed by atoms with Gasteiger partial charge in [-0.2, -0.15) is 4.98 Å². The van der Waals surface area contributed by atoms with Crippen LogP contribution < -0.4 is 10.5 Å². The van der Waals surface area contributed by atoms with E-state index in [-0.39, 0.29) is 11.8 Å². The average molecular weight is 275 g/mol. The number of hydrogen-bond donors (Lipinski definition) is 2. The first kappa shape index (κ1) is 13.1. The van der Waals surface area contributed by atoms with Crippen LogP contribution >= 0.6 is 0 Å². The summed E-state index contributed by atoms with van der Waals surface area (Å²) in [7, 11) is 0. The van der Waals surface area contributed by atoms with Gasteiger partial charge in [0.25, 0.3) is 5.89 Å². The molecule has 0 bridgehead atoms. The van der Waals surface area contributed by atoms with Gasteiger partial charge in [-0.1, -0.05) is 23.4 Å². The number of para-hydroxylation sites is 1. The lowest BCUT2D eigenvalue weighted by Gasteiger charge is -2.22. The summed E-state index contributed by atoms with van der Waals surface area (Å²) in [6.45, 7) is 0.891. The van der Waals surface area contributed by atoms with Crippen molar-refractivity contribution in [2.24, 2.45) is 5.73 Å². The number of nitrogens with two attached hydrogens (primary N) is 1. The van der Waals surface area contributed by atoms with E-state index in [0.29, 0.717) is 25.4 Å². The lowest BCUT2D eigenvalue weighted by molar-refractivity contribution is 0.127. The zero-order valence-electron chi connectivity index (χ0n) is 11.0. The summed E-state index contributed by atoms with van der Waals surface area (Å²) >= 11 is 0. The molecule has 1 aromatic heterocycles. The van der Waals surface area contributed by atoms with Gasteiger partial charge < -0.3 is 20.1 Å². The van der Waals surface area contributed by atoms with E-state index in [1.807, 2.05) is 24.3 Å². The molecule has 0 radical (unpaired) electrons. The van der Waals surface area contributed by atoms with Crippen molar-refractivity contribution in [2.75, 3.05) is 13.2 Å². The highest BCUT2D eigenvalue weighted by molar-refractivity contribution is 5.36. The molecule has 0 spiro atoms. The summed E-state index contributed by atoms with van der Waals surface area (Å²) in [6.07, 6.45) is 0.423. The maximum absolute atomic E-state index is 9.78. The number of benzene rings is 1. The Labute approximate surface area is 116 Å². The van der Waals surface area contributed by atoms with E-state index in [4.69, 9.17) is 15.0 Å². The quantitative estimate of drug-likeness (QED) is 0.869. The van der Waals surface area contributed by atoms with Crippen molar-refractivity contribution in [2.45, 2.75) is 24.9 Å². The fraction of sp³-hybridized carbons (Fsp3) is 0.429. The molecule has 0 aliphatic carbocycles. The molecule has 0 saturated carbocycles. The van der Waals surface area contributed by atoms with Gasteiger partial charge in [-0.3, -0.25) is 0 Å². The molecule has 2 atom stereocenters. The first-order valence-corrected chi connectivity index (χ1v) is 6.70. The van der Waals surface area contributed by atoms with Crippen molar-refractivity contribution in [3.8, 4) is 5.75 Å². The van der Waals surface area contributed by atoms with Crippen molar-refractivity contribution in [1.29, 1.82) is 0 Å². The Hall–Kier alpha value is -1.92. The molecular weight excluding hydrogens is 258 g/mol. The summed E-state index contributed by atoms with van der Waals surface area (Å²) in [5, 5.41) is 13.7. The van der Waals surface area contributed by atoms with Gasteiger partial charge in [0.05, 0.1) is 12.5 Å². The Bertz CT molecular complexity index is 585. The minimum atomic E-state index is -0.793. The van der Waals surface area contributed by atoms with E-state index < -0.39 is 6.10 Å². The van der Waals surface area contributed by atoms with Crippen molar-refractivity contribution in [3.05, 3.63) is 41.5 Å². The number of fused-ring (bicyclic) bond motifs is 1. The van der Waals surface area contributed by atoms with Crippen LogP contribution in [0.2, 0.25) is 0 Å². The Morgan fingerprint density at radius 1 is 1.40 bits per heavy atom. The van der Waals surface area contributed by atoms with Crippen LogP contribution in [0.5, 0.6) is 5.75 Å². The Balaban J connectivity index is 1.75. The molecule has 1 aliphatic rings. The molecule has 0 fully saturated rings. The van der Waals surface area contributed by atoms with Gasteiger partial charge >= 0.3 is 0 Å². The largest absolute Gasteiger partial charge is 0.493 e. The number of nitrogens with zero attached hydrogens (tertiary/aromatic N) is 2. The third kappa shape index (κ3) is 2.52. The highest BCUT2D eigenvalue weighted by Gasteiger charge is 2.26. The lowest BCUT2D eigenvalue weighted by Crippen LogP contribution is -2.20. The summed E-state index contributed by atoms with van der Waals surface area (Å²) in [5.74, 6) is 1.76. The van der Waals surface area contributed by atoms with E-state index >= 15 is 0 Å². The van der Waals surface area contributed by atoms with E-state index in [9.17, 15) is 5.11 Å². The minimum Gasteiger partial charge on any atom is -0.493 e. The fourth-order valence-corrected chi connectivity index (χ4v) is 2.32. The van der Waals surface area contributed by atoms with E-state index in [0.717, 1.165) is 17.7 Å². The second-order valence-corrected chi connectivity index (χ2v) is 4.90. The Kier molecular flexibility index (Phi) is 3.66. The molecule has 106 valence electrons. The molecule has 2 heterocycles. The molecule has 3 N–H and O–H groups in total. The Morgan fingerprint density at radius 3 is 3.10 bits per heavy atom. The first-order chi connectivity index (χ1) is 9.78. The topological polar surface area (TPSA) is 94.4 Å². The zero-order valence-corrected chi connectivity index (χ0v) is 11.0. The average Bonchev–Trinajstić information content (AvgIpc) is 2.97. The molecule has 0 amide bonds. The van der Waals surface area contributed by atoms with E-state index in [1.165, 1.54) is 0 Å². The highest BCUT2D eigenvalue weighted by Crippen LogP contribution is 2.31. The van der Waals surface area contributed by atoms with Crippen LogP contribution in [-0.2, 0) is 6.42 Å². The highest BCUT2D eigenvalue weighted by atomic mass is 16.5. The molecule has 6 nitrogen and oxygen atoms in total. The molecule has 0 saturated heterocycles. The number of rotatable bonds is 4. The van der Waals surface area contributed by atoms with Gasteiger partial charge in [0.15, 0.2) is 5.82 Å². The molecule has 1 aromatic carbocycles. The third-order valence-corrected chi connectivity index (χ3v) is 3.43. The third-order valence-electron chi connectivity index (χ3n) is 3.43. The van der Waals surface area contributed by atoms with Crippen molar-refractivity contribution >= 4 is 0 Å². The summed E-state index contributed by atoms with van der Waals surface area (Å²) < 4.78 is 10.8. The monoisotopic (exact) mass is 275 g/mol. The Morgan fingerprint density at radius 2 is 2.25 bits per heavy atom. The molecule has 2 unspecified atom stereocenters. The predicted octanol–water partition coefficient (Wildman–Crippen LogP) is 1.17. The second-order valence-electron chi connectivity index (χ2n) is 4.90. The maximum atomic E-state index is 9.78. The number of ether oxygens (including phenoxy) is 1. The SMILES string of the molecule is NCCC(O)c1nc(C2COc3ccccc3C2)no1. The maximum Gasteiger partial charge on any atom is 0.255 e. The van der Waals surface area contributed by atoms with Crippen LogP contribution in [0.15, 0.2) is 28.8 Å².